The molecule has 0 aliphatic heterocycles. The van der Waals surface area contributed by atoms with Crippen LogP contribution in [0, 0.1) is 0 Å². The molecule has 7 heteroatoms. The minimum absolute atomic E-state index is 0.0869. The first kappa shape index (κ1) is 23.5. The summed E-state index contributed by atoms with van der Waals surface area (Å²) in [5, 5.41) is 19.5. The fraction of sp³-hybridized carbons (Fsp3) is 0.455. The van der Waals surface area contributed by atoms with E-state index in [1.165, 1.54) is 0 Å². The van der Waals surface area contributed by atoms with E-state index >= 15 is 0 Å². The maximum absolute atomic E-state index is 9.84. The molecule has 160 valence electrons. The van der Waals surface area contributed by atoms with Crippen LogP contribution in [-0.4, -0.2) is 62.1 Å². The van der Waals surface area contributed by atoms with E-state index in [0.717, 1.165) is 9.79 Å². The van der Waals surface area contributed by atoms with Gasteiger partial charge in [0.15, 0.2) is 0 Å². The highest BCUT2D eigenvalue weighted by molar-refractivity contribution is 7.99. The Balaban J connectivity index is 1.77. The van der Waals surface area contributed by atoms with Crippen molar-refractivity contribution in [1.29, 1.82) is 0 Å². The quantitative estimate of drug-likeness (QED) is 0.512. The molecule has 0 aliphatic rings. The summed E-state index contributed by atoms with van der Waals surface area (Å²) in [5.41, 5.74) is 0. The largest absolute Gasteiger partial charge is 0.491 e. The van der Waals surface area contributed by atoms with Crippen LogP contribution in [0.5, 0.6) is 11.5 Å². The van der Waals surface area contributed by atoms with E-state index < -0.39 is 12.2 Å². The third kappa shape index (κ3) is 9.51. The van der Waals surface area contributed by atoms with Gasteiger partial charge in [-0.15, -0.1) is 0 Å². The van der Waals surface area contributed by atoms with Crippen molar-refractivity contribution in [2.24, 2.45) is 0 Å². The molecule has 29 heavy (non-hydrogen) atoms. The maximum atomic E-state index is 9.84. The molecule has 0 amide bonds. The molecule has 0 fully saturated rings. The van der Waals surface area contributed by atoms with E-state index in [1.807, 2.05) is 62.4 Å². The van der Waals surface area contributed by atoms with Crippen molar-refractivity contribution in [3.8, 4) is 11.5 Å². The predicted octanol–water partition coefficient (Wildman–Crippen LogP) is 3.39. The lowest BCUT2D eigenvalue weighted by atomic mass is 10.3. The van der Waals surface area contributed by atoms with E-state index in [1.54, 1.807) is 18.9 Å². The zero-order valence-electron chi connectivity index (χ0n) is 17.1. The van der Waals surface area contributed by atoms with E-state index in [4.69, 9.17) is 18.9 Å². The Bertz CT molecular complexity index is 689. The van der Waals surface area contributed by atoms with Gasteiger partial charge in [-0.25, -0.2) is 0 Å². The highest BCUT2D eigenvalue weighted by atomic mass is 32.2. The Kier molecular flexibility index (Phi) is 10.3. The second kappa shape index (κ2) is 12.7. The molecule has 6 nitrogen and oxygen atoms in total. The third-order valence-corrected chi connectivity index (χ3v) is 4.76. The molecule has 2 N–H and O–H groups in total. The highest BCUT2D eigenvalue weighted by Crippen LogP contribution is 2.30. The Morgan fingerprint density at radius 3 is 1.59 bits per heavy atom. The lowest BCUT2D eigenvalue weighted by Gasteiger charge is -2.14. The summed E-state index contributed by atoms with van der Waals surface area (Å²) >= 11 is 1.62. The van der Waals surface area contributed by atoms with Gasteiger partial charge in [0.05, 0.1) is 19.3 Å². The second-order valence-electron chi connectivity index (χ2n) is 6.81. The zero-order valence-corrected chi connectivity index (χ0v) is 17.9. The number of methoxy groups -OCH3 is 1. The minimum atomic E-state index is -0.650. The van der Waals surface area contributed by atoms with Crippen LogP contribution in [0.1, 0.15) is 13.8 Å². The Hall–Kier alpha value is -1.77. The SMILES string of the molecule is COCC(O)COc1ccc(Sc2ccc(OCC(O)COC(C)C)cc2)cc1. The fourth-order valence-electron chi connectivity index (χ4n) is 2.32. The first-order valence-electron chi connectivity index (χ1n) is 9.56. The van der Waals surface area contributed by atoms with Gasteiger partial charge in [0.1, 0.15) is 36.9 Å². The number of aliphatic hydroxyl groups is 2. The first-order chi connectivity index (χ1) is 14.0. The minimum Gasteiger partial charge on any atom is -0.491 e. The lowest BCUT2D eigenvalue weighted by molar-refractivity contribution is -0.0122. The molecule has 2 rings (SSSR count). The van der Waals surface area contributed by atoms with E-state index in [-0.39, 0.29) is 32.5 Å². The third-order valence-electron chi connectivity index (χ3n) is 3.75. The van der Waals surface area contributed by atoms with Gasteiger partial charge >= 0.3 is 0 Å². The summed E-state index contributed by atoms with van der Waals surface area (Å²) in [5.74, 6) is 1.41. The first-order valence-corrected chi connectivity index (χ1v) is 10.4. The zero-order chi connectivity index (χ0) is 21.1. The average molecular weight is 423 g/mol. The lowest BCUT2D eigenvalue weighted by Crippen LogP contribution is -2.25. The monoisotopic (exact) mass is 422 g/mol. The predicted molar refractivity (Wildman–Crippen MR) is 113 cm³/mol. The van der Waals surface area contributed by atoms with Gasteiger partial charge in [0.2, 0.25) is 0 Å². The number of ether oxygens (including phenoxy) is 4. The van der Waals surface area contributed by atoms with Gasteiger partial charge in [0, 0.05) is 16.9 Å². The number of aliphatic hydroxyl groups excluding tert-OH is 2. The molecule has 2 unspecified atom stereocenters. The van der Waals surface area contributed by atoms with Crippen molar-refractivity contribution in [3.63, 3.8) is 0 Å². The molecule has 2 aromatic carbocycles. The van der Waals surface area contributed by atoms with Crippen molar-refractivity contribution < 1.29 is 29.2 Å². The van der Waals surface area contributed by atoms with Crippen LogP contribution in [0.2, 0.25) is 0 Å². The van der Waals surface area contributed by atoms with Gasteiger partial charge in [0.25, 0.3) is 0 Å². The van der Waals surface area contributed by atoms with Gasteiger partial charge in [-0.05, 0) is 62.4 Å². The molecule has 0 spiro atoms. The topological polar surface area (TPSA) is 77.4 Å². The smallest absolute Gasteiger partial charge is 0.119 e. The van der Waals surface area contributed by atoms with Gasteiger partial charge in [-0.3, -0.25) is 0 Å². The Morgan fingerprint density at radius 1 is 0.724 bits per heavy atom. The van der Waals surface area contributed by atoms with E-state index in [0.29, 0.717) is 11.5 Å². The number of benzene rings is 2. The average Bonchev–Trinajstić information content (AvgIpc) is 2.71. The summed E-state index contributed by atoms with van der Waals surface area (Å²) in [4.78, 5) is 2.15. The standard InChI is InChI=1S/C22H30O6S/c1-16(2)26-13-18(24)15-28-20-6-10-22(11-7-20)29-21-8-4-19(5-9-21)27-14-17(23)12-25-3/h4-11,16-18,23-24H,12-15H2,1-3H3. The van der Waals surface area contributed by atoms with Crippen LogP contribution in [0.4, 0.5) is 0 Å². The van der Waals surface area contributed by atoms with Crippen LogP contribution in [-0.2, 0) is 9.47 Å². The number of rotatable bonds is 13. The maximum Gasteiger partial charge on any atom is 0.119 e. The highest BCUT2D eigenvalue weighted by Gasteiger charge is 2.08. The van der Waals surface area contributed by atoms with Crippen LogP contribution < -0.4 is 9.47 Å². The molecule has 2 aromatic rings. The van der Waals surface area contributed by atoms with Gasteiger partial charge in [-0.1, -0.05) is 11.8 Å². The summed E-state index contributed by atoms with van der Waals surface area (Å²) in [6.07, 6.45) is -1.20. The molecular weight excluding hydrogens is 392 g/mol. The van der Waals surface area contributed by atoms with Crippen LogP contribution in [0.25, 0.3) is 0 Å². The van der Waals surface area contributed by atoms with Crippen LogP contribution >= 0.6 is 11.8 Å². The molecule has 0 saturated carbocycles. The number of hydrogen-bond donors (Lipinski definition) is 2. The molecule has 0 aliphatic carbocycles. The molecule has 0 radical (unpaired) electrons. The van der Waals surface area contributed by atoms with Crippen LogP contribution in [0.15, 0.2) is 58.3 Å². The normalized spacial score (nSPS) is 13.3. The summed E-state index contributed by atoms with van der Waals surface area (Å²) in [7, 11) is 1.54. The summed E-state index contributed by atoms with van der Waals surface area (Å²) in [6.45, 7) is 4.75. The van der Waals surface area contributed by atoms with Gasteiger partial charge in [-0.2, -0.15) is 0 Å². The second-order valence-corrected chi connectivity index (χ2v) is 7.96. The molecule has 0 saturated heterocycles. The van der Waals surface area contributed by atoms with Crippen molar-refractivity contribution in [2.45, 2.75) is 42.0 Å². The molecule has 0 heterocycles. The van der Waals surface area contributed by atoms with Crippen LogP contribution in [0.3, 0.4) is 0 Å². The van der Waals surface area contributed by atoms with Crippen molar-refractivity contribution in [3.05, 3.63) is 48.5 Å². The molecule has 2 atom stereocenters. The Labute approximate surface area is 176 Å². The molecule has 0 aromatic heterocycles. The molecular formula is C22H30O6S. The van der Waals surface area contributed by atoms with Crippen molar-refractivity contribution >= 4 is 11.8 Å². The van der Waals surface area contributed by atoms with Crippen molar-refractivity contribution in [2.75, 3.05) is 33.5 Å². The fourth-order valence-corrected chi connectivity index (χ4v) is 3.14. The number of hydrogen-bond acceptors (Lipinski definition) is 7. The van der Waals surface area contributed by atoms with Crippen molar-refractivity contribution in [1.82, 2.24) is 0 Å². The van der Waals surface area contributed by atoms with E-state index in [9.17, 15) is 10.2 Å². The van der Waals surface area contributed by atoms with Gasteiger partial charge < -0.3 is 29.2 Å². The molecule has 0 bridgehead atoms. The Morgan fingerprint density at radius 2 is 1.17 bits per heavy atom. The summed E-state index contributed by atoms with van der Waals surface area (Å²) in [6, 6.07) is 15.4. The van der Waals surface area contributed by atoms with E-state index in [2.05, 4.69) is 0 Å². The summed E-state index contributed by atoms with van der Waals surface area (Å²) < 4.78 is 21.4.